The van der Waals surface area contributed by atoms with Crippen molar-refractivity contribution in [3.63, 3.8) is 0 Å². The Balaban J connectivity index is 4.02. The van der Waals surface area contributed by atoms with Crippen molar-refractivity contribution >= 4 is 0 Å². The number of likely N-dealkylation sites (N-methyl/N-ethyl adjacent to an activating group) is 1. The van der Waals surface area contributed by atoms with Crippen LogP contribution >= 0.6 is 0 Å². The van der Waals surface area contributed by atoms with Gasteiger partial charge < -0.3 is 5.73 Å². The zero-order valence-electron chi connectivity index (χ0n) is 8.80. The van der Waals surface area contributed by atoms with E-state index in [1.165, 1.54) is 5.57 Å². The van der Waals surface area contributed by atoms with E-state index in [9.17, 15) is 0 Å². The molecule has 0 aliphatic carbocycles. The Morgan fingerprint density at radius 2 is 2.00 bits per heavy atom. The lowest BCUT2D eigenvalue weighted by Gasteiger charge is -2.30. The second-order valence-corrected chi connectivity index (χ2v) is 3.92. The summed E-state index contributed by atoms with van der Waals surface area (Å²) in [4.78, 5) is 2.27. The van der Waals surface area contributed by atoms with E-state index in [4.69, 9.17) is 5.73 Å². The third-order valence-corrected chi connectivity index (χ3v) is 2.10. The highest BCUT2D eigenvalue weighted by molar-refractivity contribution is 4.93. The molecule has 12 heavy (non-hydrogen) atoms. The highest BCUT2D eigenvalue weighted by Crippen LogP contribution is 2.08. The van der Waals surface area contributed by atoms with E-state index >= 15 is 0 Å². The maximum Gasteiger partial charge on any atom is 0.0241 e. The third-order valence-electron chi connectivity index (χ3n) is 2.10. The number of nitrogens with zero attached hydrogens (tertiary/aromatic N) is 1. The molecular formula is C10H22N2. The van der Waals surface area contributed by atoms with Gasteiger partial charge in [0.25, 0.3) is 0 Å². The fourth-order valence-electron chi connectivity index (χ4n) is 1.50. The van der Waals surface area contributed by atoms with Gasteiger partial charge in [-0.3, -0.25) is 4.90 Å². The first kappa shape index (κ1) is 11.7. The molecule has 2 N–H and O–H groups in total. The van der Waals surface area contributed by atoms with E-state index in [1.54, 1.807) is 0 Å². The van der Waals surface area contributed by atoms with Crippen LogP contribution in [0, 0.1) is 5.92 Å². The number of hydrogen-bond acceptors (Lipinski definition) is 2. The Morgan fingerprint density at radius 1 is 1.50 bits per heavy atom. The Labute approximate surface area is 76.4 Å². The molecule has 0 rings (SSSR count). The van der Waals surface area contributed by atoms with E-state index < -0.39 is 0 Å². The van der Waals surface area contributed by atoms with Crippen LogP contribution in [0.5, 0.6) is 0 Å². The maximum atomic E-state index is 5.68. The van der Waals surface area contributed by atoms with Crippen LogP contribution in [-0.2, 0) is 0 Å². The average molecular weight is 170 g/mol. The zero-order valence-corrected chi connectivity index (χ0v) is 8.80. The van der Waals surface area contributed by atoms with Crippen molar-refractivity contribution in [2.24, 2.45) is 11.7 Å². The lowest BCUT2D eigenvalue weighted by atomic mass is 10.0. The molecule has 0 aliphatic heterocycles. The molecule has 0 saturated heterocycles. The minimum absolute atomic E-state index is 0.474. The van der Waals surface area contributed by atoms with Crippen molar-refractivity contribution in [2.45, 2.75) is 26.8 Å². The van der Waals surface area contributed by atoms with Crippen LogP contribution in [0.3, 0.4) is 0 Å². The standard InChI is InChI=1S/C10H22N2/c1-8(2)7-12(5)10(6-11)9(3)4/h9-10H,1,6-7,11H2,2-5H3. The molecule has 0 fully saturated rings. The monoisotopic (exact) mass is 170 g/mol. The Kier molecular flexibility index (Phi) is 5.18. The normalized spacial score (nSPS) is 13.9. The molecule has 0 spiro atoms. The molecule has 0 aromatic carbocycles. The molecule has 72 valence electrons. The van der Waals surface area contributed by atoms with Crippen LogP contribution in [0.4, 0.5) is 0 Å². The zero-order chi connectivity index (χ0) is 9.72. The molecular weight excluding hydrogens is 148 g/mol. The lowest BCUT2D eigenvalue weighted by molar-refractivity contribution is 0.212. The van der Waals surface area contributed by atoms with Gasteiger partial charge in [0.2, 0.25) is 0 Å². The van der Waals surface area contributed by atoms with Crippen molar-refractivity contribution < 1.29 is 0 Å². The summed E-state index contributed by atoms with van der Waals surface area (Å²) in [7, 11) is 2.10. The summed E-state index contributed by atoms with van der Waals surface area (Å²) in [5, 5.41) is 0. The van der Waals surface area contributed by atoms with E-state index in [2.05, 4.69) is 32.4 Å². The molecule has 0 aromatic heterocycles. The maximum absolute atomic E-state index is 5.68. The van der Waals surface area contributed by atoms with E-state index in [0.717, 1.165) is 13.1 Å². The second-order valence-electron chi connectivity index (χ2n) is 3.92. The van der Waals surface area contributed by atoms with E-state index in [1.807, 2.05) is 6.92 Å². The number of nitrogens with two attached hydrogens (primary N) is 1. The summed E-state index contributed by atoms with van der Waals surface area (Å²) >= 11 is 0. The van der Waals surface area contributed by atoms with Crippen LogP contribution in [0.2, 0.25) is 0 Å². The molecule has 0 bridgehead atoms. The summed E-state index contributed by atoms with van der Waals surface area (Å²) in [5.74, 6) is 0.611. The lowest BCUT2D eigenvalue weighted by Crippen LogP contribution is -2.42. The highest BCUT2D eigenvalue weighted by atomic mass is 15.1. The predicted octanol–water partition coefficient (Wildman–Crippen LogP) is 1.48. The van der Waals surface area contributed by atoms with Crippen LogP contribution in [-0.4, -0.2) is 31.1 Å². The summed E-state index contributed by atoms with van der Waals surface area (Å²) < 4.78 is 0. The van der Waals surface area contributed by atoms with E-state index in [0.29, 0.717) is 12.0 Å². The van der Waals surface area contributed by atoms with Crippen molar-refractivity contribution in [3.05, 3.63) is 12.2 Å². The minimum Gasteiger partial charge on any atom is -0.329 e. The van der Waals surface area contributed by atoms with Crippen molar-refractivity contribution in [2.75, 3.05) is 20.1 Å². The fourth-order valence-corrected chi connectivity index (χ4v) is 1.50. The van der Waals surface area contributed by atoms with Crippen LogP contribution < -0.4 is 5.73 Å². The first-order valence-electron chi connectivity index (χ1n) is 4.53. The first-order valence-corrected chi connectivity index (χ1v) is 4.53. The predicted molar refractivity (Wildman–Crippen MR) is 55.1 cm³/mol. The second kappa shape index (κ2) is 5.33. The van der Waals surface area contributed by atoms with Gasteiger partial charge in [-0.05, 0) is 19.9 Å². The summed E-state index contributed by atoms with van der Waals surface area (Å²) in [6.07, 6.45) is 0. The van der Waals surface area contributed by atoms with Gasteiger partial charge in [-0.1, -0.05) is 26.0 Å². The smallest absolute Gasteiger partial charge is 0.0241 e. The van der Waals surface area contributed by atoms with Gasteiger partial charge in [0.1, 0.15) is 0 Å². The number of hydrogen-bond donors (Lipinski definition) is 1. The van der Waals surface area contributed by atoms with Gasteiger partial charge in [-0.2, -0.15) is 0 Å². The van der Waals surface area contributed by atoms with Gasteiger partial charge in [-0.25, -0.2) is 0 Å². The molecule has 1 unspecified atom stereocenters. The Morgan fingerprint density at radius 3 is 2.25 bits per heavy atom. The summed E-state index contributed by atoms with van der Waals surface area (Å²) in [5.41, 5.74) is 6.87. The SMILES string of the molecule is C=C(C)CN(C)C(CN)C(C)C. The van der Waals surface area contributed by atoms with Crippen LogP contribution in [0.15, 0.2) is 12.2 Å². The highest BCUT2D eigenvalue weighted by Gasteiger charge is 2.15. The average Bonchev–Trinajstić information content (AvgIpc) is 1.85. The molecule has 0 amide bonds. The van der Waals surface area contributed by atoms with Crippen molar-refractivity contribution in [1.82, 2.24) is 4.90 Å². The molecule has 2 heteroatoms. The third kappa shape index (κ3) is 3.88. The molecule has 0 aliphatic rings. The van der Waals surface area contributed by atoms with Gasteiger partial charge in [0.15, 0.2) is 0 Å². The minimum atomic E-state index is 0.474. The molecule has 0 radical (unpaired) electrons. The Hall–Kier alpha value is -0.340. The van der Waals surface area contributed by atoms with Gasteiger partial charge in [0, 0.05) is 19.1 Å². The van der Waals surface area contributed by atoms with Crippen molar-refractivity contribution in [3.8, 4) is 0 Å². The number of rotatable bonds is 5. The first-order chi connectivity index (χ1) is 5.49. The van der Waals surface area contributed by atoms with Crippen LogP contribution in [0.1, 0.15) is 20.8 Å². The fraction of sp³-hybridized carbons (Fsp3) is 0.800. The molecule has 0 aromatic rings. The molecule has 0 heterocycles. The Bertz CT molecular complexity index is 141. The van der Waals surface area contributed by atoms with Crippen LogP contribution in [0.25, 0.3) is 0 Å². The topological polar surface area (TPSA) is 29.3 Å². The molecule has 1 atom stereocenters. The summed E-state index contributed by atoms with van der Waals surface area (Å²) in [6.45, 7) is 12.0. The molecule has 2 nitrogen and oxygen atoms in total. The van der Waals surface area contributed by atoms with Gasteiger partial charge in [0.05, 0.1) is 0 Å². The summed E-state index contributed by atoms with van der Waals surface area (Å²) in [6, 6.07) is 0.474. The quantitative estimate of drug-likeness (QED) is 0.633. The molecule has 0 saturated carbocycles. The largest absolute Gasteiger partial charge is 0.329 e. The van der Waals surface area contributed by atoms with Gasteiger partial charge in [-0.15, -0.1) is 0 Å². The van der Waals surface area contributed by atoms with E-state index in [-0.39, 0.29) is 0 Å². The van der Waals surface area contributed by atoms with Gasteiger partial charge >= 0.3 is 0 Å². The van der Waals surface area contributed by atoms with Crippen molar-refractivity contribution in [1.29, 1.82) is 0 Å².